The van der Waals surface area contributed by atoms with E-state index >= 15 is 0 Å². The van der Waals surface area contributed by atoms with Crippen molar-refractivity contribution in [3.8, 4) is 17.2 Å². The van der Waals surface area contributed by atoms with Gasteiger partial charge in [0.25, 0.3) is 5.91 Å². The van der Waals surface area contributed by atoms with Crippen molar-refractivity contribution in [1.29, 1.82) is 0 Å². The molecular weight excluding hydrogens is 589 g/mol. The van der Waals surface area contributed by atoms with Crippen LogP contribution in [0.3, 0.4) is 0 Å². The Morgan fingerprint density at radius 3 is 1.98 bits per heavy atom. The van der Waals surface area contributed by atoms with Crippen LogP contribution in [0.2, 0.25) is 10.0 Å². The molecule has 0 aromatic heterocycles. The van der Waals surface area contributed by atoms with Gasteiger partial charge in [-0.05, 0) is 66.1 Å². The molecule has 3 aromatic rings. The first-order valence-electron chi connectivity index (χ1n) is 13.1. The van der Waals surface area contributed by atoms with Crippen LogP contribution in [0.5, 0.6) is 17.2 Å². The Balaban J connectivity index is 1.34. The van der Waals surface area contributed by atoms with Gasteiger partial charge in [-0.2, -0.15) is 4.31 Å². The molecule has 2 aliphatic heterocycles. The highest BCUT2D eigenvalue weighted by molar-refractivity contribution is 7.89. The molecule has 0 unspecified atom stereocenters. The summed E-state index contributed by atoms with van der Waals surface area (Å²) in [6.45, 7) is 2.46. The number of rotatable bonds is 7. The van der Waals surface area contributed by atoms with Crippen molar-refractivity contribution in [2.75, 3.05) is 59.0 Å². The summed E-state index contributed by atoms with van der Waals surface area (Å²) >= 11 is 12.2. The van der Waals surface area contributed by atoms with Crippen LogP contribution in [0.4, 0.5) is 5.69 Å². The number of anilines is 1. The molecule has 9 nitrogen and oxygen atoms in total. The summed E-state index contributed by atoms with van der Waals surface area (Å²) in [6, 6.07) is 13.5. The second kappa shape index (κ2) is 12.0. The summed E-state index contributed by atoms with van der Waals surface area (Å²) in [5.74, 6) is 1.59. The lowest BCUT2D eigenvalue weighted by atomic mass is 10.0. The molecule has 0 aliphatic carbocycles. The monoisotopic (exact) mass is 619 g/mol. The van der Waals surface area contributed by atoms with Gasteiger partial charge >= 0.3 is 0 Å². The van der Waals surface area contributed by atoms with E-state index in [0.717, 1.165) is 11.1 Å². The highest BCUT2D eigenvalue weighted by Gasteiger charge is 2.31. The molecular formula is C29H31Cl2N3O6S. The fourth-order valence-corrected chi connectivity index (χ4v) is 7.26. The number of hydrogen-bond donors (Lipinski definition) is 0. The molecule has 0 bridgehead atoms. The number of amides is 1. The maximum Gasteiger partial charge on any atom is 0.254 e. The number of ether oxygens (including phenoxy) is 3. The standard InChI is InChI=1S/C29H31Cl2N3O6S/c1-38-26-5-4-24(41(36,37)34-7-6-19-14-27(39-2)28(40-3)15-21(19)18-34)17-25(26)32-8-10-33(11-9-32)29(35)20-12-22(30)16-23(31)13-20/h4-5,12-17H,6-11,18H2,1-3H3. The fourth-order valence-electron chi connectivity index (χ4n) is 5.30. The smallest absolute Gasteiger partial charge is 0.254 e. The first-order valence-corrected chi connectivity index (χ1v) is 15.3. The van der Waals surface area contributed by atoms with Crippen molar-refractivity contribution in [2.24, 2.45) is 0 Å². The minimum absolute atomic E-state index is 0.156. The van der Waals surface area contributed by atoms with E-state index in [1.165, 1.54) is 4.31 Å². The molecule has 2 aliphatic rings. The van der Waals surface area contributed by atoms with E-state index in [9.17, 15) is 13.2 Å². The van der Waals surface area contributed by atoms with Gasteiger partial charge in [0, 0.05) is 54.9 Å². The molecule has 0 atom stereocenters. The van der Waals surface area contributed by atoms with Crippen molar-refractivity contribution < 1.29 is 27.4 Å². The Bertz CT molecular complexity index is 1550. The van der Waals surface area contributed by atoms with E-state index in [2.05, 4.69) is 0 Å². The number of carbonyl (C=O) groups excluding carboxylic acids is 1. The molecule has 1 fully saturated rings. The van der Waals surface area contributed by atoms with E-state index in [4.69, 9.17) is 37.4 Å². The van der Waals surface area contributed by atoms with Gasteiger partial charge in [0.05, 0.1) is 31.9 Å². The summed E-state index contributed by atoms with van der Waals surface area (Å²) in [7, 11) is 0.890. The number of benzene rings is 3. The zero-order chi connectivity index (χ0) is 29.3. The minimum atomic E-state index is -3.81. The van der Waals surface area contributed by atoms with Gasteiger partial charge in [0.2, 0.25) is 10.0 Å². The van der Waals surface area contributed by atoms with E-state index < -0.39 is 10.0 Å². The second-order valence-corrected chi connectivity index (χ2v) is 12.6. The lowest BCUT2D eigenvalue weighted by Gasteiger charge is -2.37. The first-order chi connectivity index (χ1) is 19.6. The van der Waals surface area contributed by atoms with Gasteiger partial charge in [-0.15, -0.1) is 0 Å². The minimum Gasteiger partial charge on any atom is -0.495 e. The number of piperazine rings is 1. The van der Waals surface area contributed by atoms with E-state index in [1.807, 2.05) is 17.0 Å². The van der Waals surface area contributed by atoms with Crippen molar-refractivity contribution in [1.82, 2.24) is 9.21 Å². The molecule has 0 saturated carbocycles. The van der Waals surface area contributed by atoms with Crippen LogP contribution in [0.15, 0.2) is 53.4 Å². The average molecular weight is 621 g/mol. The molecule has 218 valence electrons. The van der Waals surface area contributed by atoms with Crippen LogP contribution >= 0.6 is 23.2 Å². The maximum atomic E-state index is 13.8. The maximum absolute atomic E-state index is 13.8. The Morgan fingerprint density at radius 1 is 0.756 bits per heavy atom. The van der Waals surface area contributed by atoms with Crippen LogP contribution in [0.1, 0.15) is 21.5 Å². The topological polar surface area (TPSA) is 88.6 Å². The van der Waals surface area contributed by atoms with Gasteiger partial charge in [0.1, 0.15) is 5.75 Å². The van der Waals surface area contributed by atoms with E-state index in [-0.39, 0.29) is 17.3 Å². The Morgan fingerprint density at radius 2 is 1.37 bits per heavy atom. The Kier molecular flexibility index (Phi) is 8.56. The van der Waals surface area contributed by atoms with Crippen LogP contribution < -0.4 is 19.1 Å². The van der Waals surface area contributed by atoms with Gasteiger partial charge < -0.3 is 24.0 Å². The highest BCUT2D eigenvalue weighted by Crippen LogP contribution is 2.37. The van der Waals surface area contributed by atoms with Gasteiger partial charge in [-0.1, -0.05) is 23.2 Å². The Labute approximate surface area is 250 Å². The first kappa shape index (κ1) is 29.3. The molecule has 3 aromatic carbocycles. The fraction of sp³-hybridized carbons (Fsp3) is 0.345. The Hall–Kier alpha value is -3.18. The molecule has 1 amide bonds. The summed E-state index contributed by atoms with van der Waals surface area (Å²) in [6.07, 6.45) is 0.561. The van der Waals surface area contributed by atoms with Gasteiger partial charge in [0.15, 0.2) is 11.5 Å². The molecule has 41 heavy (non-hydrogen) atoms. The summed E-state index contributed by atoms with van der Waals surface area (Å²) in [5.41, 5.74) is 3.01. The molecule has 0 N–H and O–H groups in total. The van der Waals surface area contributed by atoms with E-state index in [0.29, 0.717) is 77.7 Å². The van der Waals surface area contributed by atoms with Gasteiger partial charge in [-0.25, -0.2) is 8.42 Å². The molecule has 2 heterocycles. The van der Waals surface area contributed by atoms with Gasteiger partial charge in [-0.3, -0.25) is 4.79 Å². The number of halogens is 2. The van der Waals surface area contributed by atoms with Crippen molar-refractivity contribution in [3.63, 3.8) is 0 Å². The lowest BCUT2D eigenvalue weighted by molar-refractivity contribution is 0.0746. The quantitative estimate of drug-likeness (QED) is 0.378. The largest absolute Gasteiger partial charge is 0.495 e. The number of fused-ring (bicyclic) bond motifs is 1. The molecule has 0 radical (unpaired) electrons. The number of sulfonamides is 1. The molecule has 1 saturated heterocycles. The normalized spacial score (nSPS) is 15.8. The van der Waals surface area contributed by atoms with E-state index in [1.54, 1.807) is 62.6 Å². The van der Waals surface area contributed by atoms with Crippen LogP contribution in [-0.2, 0) is 23.0 Å². The zero-order valence-corrected chi connectivity index (χ0v) is 25.4. The van der Waals surface area contributed by atoms with Crippen LogP contribution in [0.25, 0.3) is 0 Å². The van der Waals surface area contributed by atoms with Crippen molar-refractivity contribution >= 4 is 44.8 Å². The number of hydrogen-bond acceptors (Lipinski definition) is 7. The van der Waals surface area contributed by atoms with Crippen molar-refractivity contribution in [3.05, 3.63) is 75.3 Å². The molecule has 0 spiro atoms. The number of methoxy groups -OCH3 is 3. The third-order valence-corrected chi connectivity index (χ3v) is 9.77. The SMILES string of the molecule is COc1cc2c(cc1OC)CN(S(=O)(=O)c1ccc(OC)c(N3CCN(C(=O)c4cc(Cl)cc(Cl)c4)CC3)c1)CC2. The number of nitrogens with zero attached hydrogens (tertiary/aromatic N) is 3. The third kappa shape index (κ3) is 5.92. The molecule has 12 heteroatoms. The highest BCUT2D eigenvalue weighted by atomic mass is 35.5. The third-order valence-electron chi connectivity index (χ3n) is 7.49. The summed E-state index contributed by atoms with van der Waals surface area (Å²) in [4.78, 5) is 17.0. The summed E-state index contributed by atoms with van der Waals surface area (Å²) < 4.78 is 45.5. The van der Waals surface area contributed by atoms with Crippen LogP contribution in [0, 0.1) is 0 Å². The lowest BCUT2D eigenvalue weighted by Crippen LogP contribution is -2.49. The predicted octanol–water partition coefficient (Wildman–Crippen LogP) is 4.73. The van der Waals surface area contributed by atoms with Crippen LogP contribution in [-0.4, -0.2) is 77.6 Å². The predicted molar refractivity (Wildman–Crippen MR) is 158 cm³/mol. The zero-order valence-electron chi connectivity index (χ0n) is 23.0. The van der Waals surface area contributed by atoms with Crippen molar-refractivity contribution in [2.45, 2.75) is 17.9 Å². The molecule has 5 rings (SSSR count). The average Bonchev–Trinajstić information content (AvgIpc) is 2.98. The number of carbonyl (C=O) groups is 1. The second-order valence-electron chi connectivity index (χ2n) is 9.84. The summed E-state index contributed by atoms with van der Waals surface area (Å²) in [5, 5.41) is 0.802.